The Labute approximate surface area is 170 Å². The molecule has 29 heavy (non-hydrogen) atoms. The Morgan fingerprint density at radius 2 is 1.76 bits per heavy atom. The van der Waals surface area contributed by atoms with E-state index < -0.39 is 26.0 Å². The van der Waals surface area contributed by atoms with Gasteiger partial charge in [-0.1, -0.05) is 6.07 Å². The summed E-state index contributed by atoms with van der Waals surface area (Å²) in [5, 5.41) is 7.70. The van der Waals surface area contributed by atoms with Crippen LogP contribution in [0.15, 0.2) is 52.3 Å². The van der Waals surface area contributed by atoms with Crippen LogP contribution in [0.25, 0.3) is 0 Å². The topological polar surface area (TPSA) is 136 Å². The summed E-state index contributed by atoms with van der Waals surface area (Å²) in [6.45, 7) is 3.47. The standard InChI is InChI=1S/C18H23N3O6S2/c1-12(2)21(3)29(25,26)15-7-5-6-13(10-15)18(22)20-14-8-9-16(27-4)17(11-14)28(19,23)24/h5-12H,1-4H3,(H,20,22)(H2,19,23,24). The normalized spacial score (nSPS) is 12.2. The SMILES string of the molecule is COc1ccc(NC(=O)c2cccc(S(=O)(=O)N(C)C(C)C)c2)cc1S(N)(=O)=O. The minimum absolute atomic E-state index is 0.0266. The second-order valence-electron chi connectivity index (χ2n) is 6.51. The van der Waals surface area contributed by atoms with Crippen molar-refractivity contribution in [2.24, 2.45) is 5.14 Å². The molecule has 9 nitrogen and oxygen atoms in total. The van der Waals surface area contributed by atoms with Gasteiger partial charge in [0.25, 0.3) is 5.91 Å². The fraction of sp³-hybridized carbons (Fsp3) is 0.278. The Bertz CT molecular complexity index is 1130. The molecule has 0 radical (unpaired) electrons. The van der Waals surface area contributed by atoms with Crippen molar-refractivity contribution >= 4 is 31.6 Å². The molecule has 0 spiro atoms. The highest BCUT2D eigenvalue weighted by Crippen LogP contribution is 2.26. The second kappa shape index (κ2) is 8.49. The minimum Gasteiger partial charge on any atom is -0.495 e. The van der Waals surface area contributed by atoms with Crippen LogP contribution >= 0.6 is 0 Å². The van der Waals surface area contributed by atoms with Gasteiger partial charge in [-0.2, -0.15) is 4.31 Å². The van der Waals surface area contributed by atoms with Gasteiger partial charge in [-0.25, -0.2) is 22.0 Å². The van der Waals surface area contributed by atoms with E-state index in [0.29, 0.717) is 0 Å². The third kappa shape index (κ3) is 5.12. The number of primary sulfonamides is 1. The van der Waals surface area contributed by atoms with Crippen molar-refractivity contribution in [1.82, 2.24) is 4.31 Å². The number of anilines is 1. The second-order valence-corrected chi connectivity index (χ2v) is 10.0. The zero-order valence-electron chi connectivity index (χ0n) is 16.4. The minimum atomic E-state index is -4.07. The Hall–Kier alpha value is -2.47. The first kappa shape index (κ1) is 22.8. The summed E-state index contributed by atoms with van der Waals surface area (Å²) in [7, 11) is -5.08. The largest absolute Gasteiger partial charge is 0.495 e. The number of nitrogens with zero attached hydrogens (tertiary/aromatic N) is 1. The van der Waals surface area contributed by atoms with Gasteiger partial charge in [-0.3, -0.25) is 4.79 Å². The summed E-state index contributed by atoms with van der Waals surface area (Å²) in [5.74, 6) is -0.574. The van der Waals surface area contributed by atoms with Gasteiger partial charge in [0.2, 0.25) is 20.0 Å². The van der Waals surface area contributed by atoms with Crippen molar-refractivity contribution in [2.45, 2.75) is 29.7 Å². The van der Waals surface area contributed by atoms with Crippen LogP contribution in [0.5, 0.6) is 5.75 Å². The number of nitrogens with one attached hydrogen (secondary N) is 1. The summed E-state index contributed by atoms with van der Waals surface area (Å²) >= 11 is 0. The number of nitrogens with two attached hydrogens (primary N) is 1. The number of hydrogen-bond donors (Lipinski definition) is 2. The number of sulfonamides is 2. The van der Waals surface area contributed by atoms with E-state index in [1.807, 2.05) is 0 Å². The van der Waals surface area contributed by atoms with Gasteiger partial charge in [-0.15, -0.1) is 0 Å². The van der Waals surface area contributed by atoms with E-state index in [0.717, 1.165) is 0 Å². The molecule has 0 bridgehead atoms. The number of amides is 1. The molecule has 0 aliphatic rings. The summed E-state index contributed by atoms with van der Waals surface area (Å²) < 4.78 is 54.8. The highest BCUT2D eigenvalue weighted by Gasteiger charge is 2.24. The van der Waals surface area contributed by atoms with Gasteiger partial charge < -0.3 is 10.1 Å². The summed E-state index contributed by atoms with van der Waals surface area (Å²) in [5.41, 5.74) is 0.253. The maximum atomic E-state index is 12.6. The van der Waals surface area contributed by atoms with Crippen LogP contribution < -0.4 is 15.2 Å². The van der Waals surface area contributed by atoms with Gasteiger partial charge in [0.15, 0.2) is 0 Å². The van der Waals surface area contributed by atoms with Crippen molar-refractivity contribution in [3.63, 3.8) is 0 Å². The van der Waals surface area contributed by atoms with E-state index in [1.165, 1.54) is 60.9 Å². The van der Waals surface area contributed by atoms with Crippen LogP contribution in [0, 0.1) is 0 Å². The predicted molar refractivity (Wildman–Crippen MR) is 109 cm³/mol. The van der Waals surface area contributed by atoms with Crippen LogP contribution in [0.4, 0.5) is 5.69 Å². The van der Waals surface area contributed by atoms with Gasteiger partial charge in [0.1, 0.15) is 10.6 Å². The van der Waals surface area contributed by atoms with Crippen molar-refractivity contribution in [2.75, 3.05) is 19.5 Å². The zero-order chi connectivity index (χ0) is 22.0. The number of methoxy groups -OCH3 is 1. The van der Waals surface area contributed by atoms with Gasteiger partial charge >= 0.3 is 0 Å². The lowest BCUT2D eigenvalue weighted by molar-refractivity contribution is 0.102. The van der Waals surface area contributed by atoms with Crippen molar-refractivity contribution in [3.05, 3.63) is 48.0 Å². The van der Waals surface area contributed by atoms with E-state index in [1.54, 1.807) is 13.8 Å². The summed E-state index contributed by atoms with van der Waals surface area (Å²) in [6, 6.07) is 9.28. The molecular formula is C18H23N3O6S2. The average molecular weight is 442 g/mol. The first-order chi connectivity index (χ1) is 13.4. The van der Waals surface area contributed by atoms with Crippen LogP contribution in [0.3, 0.4) is 0 Å². The number of hydrogen-bond acceptors (Lipinski definition) is 6. The van der Waals surface area contributed by atoms with E-state index >= 15 is 0 Å². The number of benzene rings is 2. The Kier molecular flexibility index (Phi) is 6.68. The van der Waals surface area contributed by atoms with Crippen molar-refractivity contribution < 1.29 is 26.4 Å². The van der Waals surface area contributed by atoms with Crippen LogP contribution in [0.1, 0.15) is 24.2 Å². The van der Waals surface area contributed by atoms with E-state index in [2.05, 4.69) is 5.32 Å². The lowest BCUT2D eigenvalue weighted by atomic mass is 10.2. The van der Waals surface area contributed by atoms with E-state index in [9.17, 15) is 21.6 Å². The molecule has 0 saturated carbocycles. The number of ether oxygens (including phenoxy) is 1. The molecule has 3 N–H and O–H groups in total. The molecule has 0 saturated heterocycles. The molecule has 0 atom stereocenters. The molecule has 2 aromatic carbocycles. The number of rotatable bonds is 7. The Balaban J connectivity index is 2.36. The molecule has 11 heteroatoms. The molecule has 0 aliphatic carbocycles. The highest BCUT2D eigenvalue weighted by atomic mass is 32.2. The molecule has 1 amide bonds. The summed E-state index contributed by atoms with van der Waals surface area (Å²) in [4.78, 5) is 12.3. The molecule has 0 aromatic heterocycles. The molecule has 0 unspecified atom stereocenters. The smallest absolute Gasteiger partial charge is 0.255 e. The van der Waals surface area contributed by atoms with E-state index in [4.69, 9.17) is 9.88 Å². The fourth-order valence-electron chi connectivity index (χ4n) is 2.42. The lowest BCUT2D eigenvalue weighted by Gasteiger charge is -2.21. The molecule has 0 aliphatic heterocycles. The van der Waals surface area contributed by atoms with Crippen LogP contribution in [-0.2, 0) is 20.0 Å². The average Bonchev–Trinajstić information content (AvgIpc) is 2.66. The number of carbonyl (C=O) groups excluding carboxylic acids is 1. The molecule has 0 fully saturated rings. The third-order valence-electron chi connectivity index (χ3n) is 4.23. The van der Waals surface area contributed by atoms with Crippen LogP contribution in [0.2, 0.25) is 0 Å². The monoisotopic (exact) mass is 441 g/mol. The molecule has 2 aromatic rings. The quantitative estimate of drug-likeness (QED) is 0.670. The lowest BCUT2D eigenvalue weighted by Crippen LogP contribution is -2.33. The molecular weight excluding hydrogens is 418 g/mol. The number of carbonyl (C=O) groups is 1. The first-order valence-electron chi connectivity index (χ1n) is 8.48. The maximum Gasteiger partial charge on any atom is 0.255 e. The first-order valence-corrected chi connectivity index (χ1v) is 11.5. The van der Waals surface area contributed by atoms with Gasteiger partial charge in [0, 0.05) is 24.3 Å². The van der Waals surface area contributed by atoms with Crippen LogP contribution in [-0.4, -0.2) is 47.2 Å². The fourth-order valence-corrected chi connectivity index (χ4v) is 4.56. The molecule has 0 heterocycles. The highest BCUT2D eigenvalue weighted by molar-refractivity contribution is 7.89. The van der Waals surface area contributed by atoms with E-state index in [-0.39, 0.29) is 32.8 Å². The molecule has 158 valence electrons. The molecule has 2 rings (SSSR count). The summed E-state index contributed by atoms with van der Waals surface area (Å²) in [6.07, 6.45) is 0. The van der Waals surface area contributed by atoms with Gasteiger partial charge in [0.05, 0.1) is 12.0 Å². The maximum absolute atomic E-state index is 12.6. The third-order valence-corrected chi connectivity index (χ3v) is 7.19. The Morgan fingerprint density at radius 3 is 2.31 bits per heavy atom. The zero-order valence-corrected chi connectivity index (χ0v) is 18.0. The van der Waals surface area contributed by atoms with Crippen molar-refractivity contribution in [1.29, 1.82) is 0 Å². The van der Waals surface area contributed by atoms with Crippen molar-refractivity contribution in [3.8, 4) is 5.75 Å². The Morgan fingerprint density at radius 1 is 1.10 bits per heavy atom. The predicted octanol–water partition coefficient (Wildman–Crippen LogP) is 1.62. The van der Waals surface area contributed by atoms with Gasteiger partial charge in [-0.05, 0) is 50.2 Å².